The SMILES string of the molecule is CC[C@@H](C(=O)N(CCc1ccccc1)C1CCN(C)CC1)N1CCOCC1. The predicted octanol–water partition coefficient (Wildman–Crippen LogP) is 2.26. The molecule has 5 heteroatoms. The lowest BCUT2D eigenvalue weighted by molar-refractivity contribution is -0.142. The predicted molar refractivity (Wildman–Crippen MR) is 109 cm³/mol. The molecule has 1 amide bonds. The minimum absolute atomic E-state index is 0.00988. The van der Waals surface area contributed by atoms with E-state index in [0.717, 1.165) is 71.6 Å². The first-order valence-corrected chi connectivity index (χ1v) is 10.5. The van der Waals surface area contributed by atoms with Crippen LogP contribution in [0.25, 0.3) is 0 Å². The standard InChI is InChI=1S/C22H35N3O2/c1-3-21(24-15-17-27-18-16-24)22(26)25(20-10-12-23(2)13-11-20)14-9-19-7-5-4-6-8-19/h4-8,20-21H,3,9-18H2,1-2H3/t21-/m0/s1. The second-order valence-corrected chi connectivity index (χ2v) is 7.87. The summed E-state index contributed by atoms with van der Waals surface area (Å²) >= 11 is 0. The molecule has 0 N–H and O–H groups in total. The van der Waals surface area contributed by atoms with E-state index in [1.165, 1.54) is 5.56 Å². The van der Waals surface area contributed by atoms with E-state index in [4.69, 9.17) is 4.74 Å². The summed E-state index contributed by atoms with van der Waals surface area (Å²) in [5.41, 5.74) is 1.31. The van der Waals surface area contributed by atoms with Crippen LogP contribution in [0, 0.1) is 0 Å². The average molecular weight is 374 g/mol. The molecule has 0 aliphatic carbocycles. The maximum atomic E-state index is 13.6. The third kappa shape index (κ3) is 5.53. The molecule has 0 spiro atoms. The van der Waals surface area contributed by atoms with Crippen molar-refractivity contribution in [3.63, 3.8) is 0 Å². The van der Waals surface area contributed by atoms with Gasteiger partial charge in [-0.05, 0) is 51.4 Å². The minimum Gasteiger partial charge on any atom is -0.379 e. The Labute approximate surface area is 164 Å². The van der Waals surface area contributed by atoms with Crippen LogP contribution in [0.5, 0.6) is 0 Å². The van der Waals surface area contributed by atoms with Gasteiger partial charge >= 0.3 is 0 Å². The van der Waals surface area contributed by atoms with Gasteiger partial charge in [0.1, 0.15) is 0 Å². The van der Waals surface area contributed by atoms with E-state index < -0.39 is 0 Å². The highest BCUT2D eigenvalue weighted by molar-refractivity contribution is 5.82. The Morgan fingerprint density at radius 2 is 1.81 bits per heavy atom. The molecule has 1 aromatic rings. The number of carbonyl (C=O) groups is 1. The van der Waals surface area contributed by atoms with Crippen molar-refractivity contribution >= 4 is 5.91 Å². The van der Waals surface area contributed by atoms with Gasteiger partial charge in [0.05, 0.1) is 19.3 Å². The maximum Gasteiger partial charge on any atom is 0.240 e. The number of amides is 1. The van der Waals surface area contributed by atoms with E-state index in [1.807, 2.05) is 0 Å². The van der Waals surface area contributed by atoms with E-state index in [-0.39, 0.29) is 6.04 Å². The topological polar surface area (TPSA) is 36.0 Å². The van der Waals surface area contributed by atoms with Crippen molar-refractivity contribution < 1.29 is 9.53 Å². The monoisotopic (exact) mass is 373 g/mol. The highest BCUT2D eigenvalue weighted by Crippen LogP contribution is 2.20. The normalized spacial score (nSPS) is 21.1. The molecule has 1 aromatic carbocycles. The first-order valence-electron chi connectivity index (χ1n) is 10.5. The number of hydrogen-bond donors (Lipinski definition) is 0. The molecule has 0 bridgehead atoms. The number of morpholine rings is 1. The highest BCUT2D eigenvalue weighted by atomic mass is 16.5. The molecule has 2 aliphatic rings. The molecular weight excluding hydrogens is 338 g/mol. The van der Waals surface area contributed by atoms with Gasteiger partial charge in [0.2, 0.25) is 5.91 Å². The molecule has 1 atom stereocenters. The minimum atomic E-state index is -0.00988. The molecule has 2 saturated heterocycles. The Hall–Kier alpha value is -1.43. The fraction of sp³-hybridized carbons (Fsp3) is 0.682. The summed E-state index contributed by atoms with van der Waals surface area (Å²) < 4.78 is 5.50. The molecule has 0 saturated carbocycles. The summed E-state index contributed by atoms with van der Waals surface area (Å²) in [6.45, 7) is 8.32. The molecule has 2 heterocycles. The fourth-order valence-electron chi connectivity index (χ4n) is 4.34. The van der Waals surface area contributed by atoms with Crippen molar-refractivity contribution in [3.8, 4) is 0 Å². The number of ether oxygens (including phenoxy) is 1. The molecular formula is C22H35N3O2. The van der Waals surface area contributed by atoms with Gasteiger partial charge in [-0.3, -0.25) is 9.69 Å². The van der Waals surface area contributed by atoms with Crippen molar-refractivity contribution in [2.75, 3.05) is 53.0 Å². The average Bonchev–Trinajstić information content (AvgIpc) is 2.71. The number of piperidine rings is 1. The number of likely N-dealkylation sites (tertiary alicyclic amines) is 1. The Morgan fingerprint density at radius 3 is 2.44 bits per heavy atom. The third-order valence-corrected chi connectivity index (χ3v) is 6.05. The van der Waals surface area contributed by atoms with Crippen molar-refractivity contribution in [1.29, 1.82) is 0 Å². The Kier molecular flexibility index (Phi) is 7.68. The van der Waals surface area contributed by atoms with Crippen LogP contribution in [0.15, 0.2) is 30.3 Å². The zero-order chi connectivity index (χ0) is 19.1. The molecule has 2 fully saturated rings. The van der Waals surface area contributed by atoms with Gasteiger partial charge in [-0.25, -0.2) is 0 Å². The van der Waals surface area contributed by atoms with E-state index in [0.29, 0.717) is 11.9 Å². The Balaban J connectivity index is 1.71. The van der Waals surface area contributed by atoms with Crippen LogP contribution in [0.3, 0.4) is 0 Å². The molecule has 5 nitrogen and oxygen atoms in total. The summed E-state index contributed by atoms with van der Waals surface area (Å²) in [6, 6.07) is 10.9. The van der Waals surface area contributed by atoms with Crippen LogP contribution in [0.2, 0.25) is 0 Å². The van der Waals surface area contributed by atoms with E-state index >= 15 is 0 Å². The van der Waals surface area contributed by atoms with Crippen LogP contribution in [-0.2, 0) is 16.0 Å². The van der Waals surface area contributed by atoms with Crippen molar-refractivity contribution in [1.82, 2.24) is 14.7 Å². The lowest BCUT2D eigenvalue weighted by Crippen LogP contribution is -2.56. The third-order valence-electron chi connectivity index (χ3n) is 6.05. The first-order chi connectivity index (χ1) is 13.2. The van der Waals surface area contributed by atoms with Crippen LogP contribution < -0.4 is 0 Å². The molecule has 27 heavy (non-hydrogen) atoms. The Bertz CT molecular complexity index is 566. The molecule has 0 unspecified atom stereocenters. The number of rotatable bonds is 7. The molecule has 150 valence electrons. The first kappa shape index (κ1) is 20.3. The quantitative estimate of drug-likeness (QED) is 0.735. The maximum absolute atomic E-state index is 13.6. The van der Waals surface area contributed by atoms with Gasteiger partial charge in [0, 0.05) is 25.7 Å². The van der Waals surface area contributed by atoms with Crippen molar-refractivity contribution in [3.05, 3.63) is 35.9 Å². The summed E-state index contributed by atoms with van der Waals surface area (Å²) in [5, 5.41) is 0. The summed E-state index contributed by atoms with van der Waals surface area (Å²) in [7, 11) is 2.18. The summed E-state index contributed by atoms with van der Waals surface area (Å²) in [6.07, 6.45) is 3.96. The zero-order valence-corrected chi connectivity index (χ0v) is 17.0. The second-order valence-electron chi connectivity index (χ2n) is 7.87. The molecule has 0 radical (unpaired) electrons. The van der Waals surface area contributed by atoms with Gasteiger partial charge < -0.3 is 14.5 Å². The van der Waals surface area contributed by atoms with Gasteiger partial charge in [0.25, 0.3) is 0 Å². The van der Waals surface area contributed by atoms with Gasteiger partial charge in [-0.15, -0.1) is 0 Å². The smallest absolute Gasteiger partial charge is 0.240 e. The van der Waals surface area contributed by atoms with Crippen LogP contribution in [0.4, 0.5) is 0 Å². The van der Waals surface area contributed by atoms with Gasteiger partial charge in [-0.1, -0.05) is 37.3 Å². The number of nitrogens with zero attached hydrogens (tertiary/aromatic N) is 3. The molecule has 3 rings (SSSR count). The number of benzene rings is 1. The van der Waals surface area contributed by atoms with Crippen LogP contribution >= 0.6 is 0 Å². The Morgan fingerprint density at radius 1 is 1.15 bits per heavy atom. The highest BCUT2D eigenvalue weighted by Gasteiger charge is 2.33. The summed E-state index contributed by atoms with van der Waals surface area (Å²) in [4.78, 5) is 20.5. The second kappa shape index (κ2) is 10.2. The lowest BCUT2D eigenvalue weighted by atomic mass is 10.00. The fourth-order valence-corrected chi connectivity index (χ4v) is 4.34. The molecule has 0 aromatic heterocycles. The lowest BCUT2D eigenvalue weighted by Gasteiger charge is -2.41. The van der Waals surface area contributed by atoms with Gasteiger partial charge in [0.15, 0.2) is 0 Å². The van der Waals surface area contributed by atoms with Gasteiger partial charge in [-0.2, -0.15) is 0 Å². The summed E-state index contributed by atoms with van der Waals surface area (Å²) in [5.74, 6) is 0.324. The van der Waals surface area contributed by atoms with Crippen molar-refractivity contribution in [2.24, 2.45) is 0 Å². The largest absolute Gasteiger partial charge is 0.379 e. The van der Waals surface area contributed by atoms with E-state index in [9.17, 15) is 4.79 Å². The van der Waals surface area contributed by atoms with E-state index in [2.05, 4.69) is 59.0 Å². The number of hydrogen-bond acceptors (Lipinski definition) is 4. The molecule has 2 aliphatic heterocycles. The number of carbonyl (C=O) groups excluding carboxylic acids is 1. The van der Waals surface area contributed by atoms with E-state index in [1.54, 1.807) is 0 Å². The zero-order valence-electron chi connectivity index (χ0n) is 17.0. The van der Waals surface area contributed by atoms with Crippen molar-refractivity contribution in [2.45, 2.75) is 44.7 Å². The van der Waals surface area contributed by atoms with Crippen LogP contribution in [-0.4, -0.2) is 85.7 Å². The van der Waals surface area contributed by atoms with Crippen LogP contribution in [0.1, 0.15) is 31.7 Å².